The molecule has 9 nitrogen and oxygen atoms in total. The van der Waals surface area contributed by atoms with Gasteiger partial charge in [-0.15, -0.1) is 0 Å². The summed E-state index contributed by atoms with van der Waals surface area (Å²) >= 11 is 0. The first kappa shape index (κ1) is 68.1. The number of carbonyl (C=O) groups is 3. The Balaban J connectivity index is 5.16. The van der Waals surface area contributed by atoms with Crippen molar-refractivity contribution in [1.29, 1.82) is 0 Å². The summed E-state index contributed by atoms with van der Waals surface area (Å²) in [5.74, 6) is -0.0309. The Kier molecular flexibility index (Phi) is 50.6. The smallest absolute Gasteiger partial charge is 0.410 e. The van der Waals surface area contributed by atoms with Crippen molar-refractivity contribution in [1.82, 2.24) is 9.80 Å². The number of nitrogens with zero attached hydrogens (tertiary/aromatic N) is 2. The molecule has 0 aliphatic rings. The van der Waals surface area contributed by atoms with Crippen LogP contribution in [0.2, 0.25) is 0 Å². The molecule has 0 saturated heterocycles. The Morgan fingerprint density at radius 3 is 1.00 bits per heavy atom. The van der Waals surface area contributed by atoms with Gasteiger partial charge >= 0.3 is 18.0 Å². The highest BCUT2D eigenvalue weighted by atomic mass is 16.6. The topological polar surface area (TPSA) is 106 Å². The molecule has 1 atom stereocenters. The number of unbranched alkanes of at least 4 members (excludes halogenated alkanes) is 26. The molecule has 0 spiro atoms. The lowest BCUT2D eigenvalue weighted by Gasteiger charge is -2.27. The van der Waals surface area contributed by atoms with Crippen LogP contribution in [-0.4, -0.2) is 91.1 Å². The largest absolute Gasteiger partial charge is 0.462 e. The van der Waals surface area contributed by atoms with E-state index in [1.54, 1.807) is 0 Å². The van der Waals surface area contributed by atoms with Gasteiger partial charge in [0.1, 0.15) is 18.3 Å². The van der Waals surface area contributed by atoms with Crippen molar-refractivity contribution < 1.29 is 33.7 Å². The monoisotopic (exact) mass is 993 g/mol. The number of carbonyl (C=O) groups excluding carboxylic acids is 3. The Morgan fingerprint density at radius 2 is 0.643 bits per heavy atom. The summed E-state index contributed by atoms with van der Waals surface area (Å²) in [6.45, 7) is 13.2. The Labute approximate surface area is 435 Å². The van der Waals surface area contributed by atoms with E-state index in [-0.39, 0.29) is 36.3 Å². The third-order valence-electron chi connectivity index (χ3n) is 14.4. The Bertz CT molecular complexity index is 1050. The van der Waals surface area contributed by atoms with Crippen LogP contribution in [0.3, 0.4) is 0 Å². The van der Waals surface area contributed by atoms with Crippen LogP contribution in [-0.2, 0) is 23.8 Å². The molecule has 416 valence electrons. The molecule has 0 bridgehead atoms. The van der Waals surface area contributed by atoms with E-state index in [1.165, 1.54) is 96.3 Å². The van der Waals surface area contributed by atoms with Crippen LogP contribution in [0.5, 0.6) is 0 Å². The molecule has 1 unspecified atom stereocenters. The zero-order valence-electron chi connectivity index (χ0n) is 47.8. The van der Waals surface area contributed by atoms with Crippen LogP contribution in [0.4, 0.5) is 4.79 Å². The minimum absolute atomic E-state index is 0.0154. The van der Waals surface area contributed by atoms with Crippen molar-refractivity contribution in [2.24, 2.45) is 0 Å². The second-order valence-electron chi connectivity index (χ2n) is 21.7. The number of amides is 1. The third-order valence-corrected chi connectivity index (χ3v) is 14.4. The lowest BCUT2D eigenvalue weighted by molar-refractivity contribution is -0.151. The van der Waals surface area contributed by atoms with Gasteiger partial charge < -0.3 is 29.1 Å². The summed E-state index contributed by atoms with van der Waals surface area (Å²) in [7, 11) is 4.13. The molecule has 1 amide bonds. The highest BCUT2D eigenvalue weighted by Crippen LogP contribution is 2.22. The molecule has 0 aromatic rings. The molecule has 1 N–H and O–H groups in total. The molecule has 70 heavy (non-hydrogen) atoms. The number of ether oxygens (including phenoxy) is 3. The molecular weight excluding hydrogens is 873 g/mol. The summed E-state index contributed by atoms with van der Waals surface area (Å²) in [5.41, 5.74) is 0. The SMILES string of the molecule is CCCCCCCC(O)CCN(CCCN(C)C)C(=O)OC(CCCCCCCCC(=O)OC(CCCCCC)CCCCCC)CCCCCCCCC(=O)OC(CCCCCC)CCCCCC. The maximum absolute atomic E-state index is 13.9. The number of hydrogen-bond donors (Lipinski definition) is 1. The number of aliphatic hydroxyl groups excluding tert-OH is 1. The fraction of sp³-hybridized carbons (Fsp3) is 0.951. The van der Waals surface area contributed by atoms with Crippen molar-refractivity contribution in [3.8, 4) is 0 Å². The van der Waals surface area contributed by atoms with Gasteiger partial charge in [0.05, 0.1) is 6.10 Å². The van der Waals surface area contributed by atoms with Crippen LogP contribution in [0.15, 0.2) is 0 Å². The van der Waals surface area contributed by atoms with Gasteiger partial charge in [0.15, 0.2) is 0 Å². The lowest BCUT2D eigenvalue weighted by atomic mass is 10.0. The van der Waals surface area contributed by atoms with Gasteiger partial charge in [-0.2, -0.15) is 0 Å². The minimum Gasteiger partial charge on any atom is -0.462 e. The molecule has 0 aliphatic heterocycles. The van der Waals surface area contributed by atoms with E-state index in [2.05, 4.69) is 53.6 Å². The van der Waals surface area contributed by atoms with Gasteiger partial charge in [-0.1, -0.05) is 195 Å². The average molecular weight is 994 g/mol. The van der Waals surface area contributed by atoms with Crippen molar-refractivity contribution in [2.45, 2.75) is 342 Å². The van der Waals surface area contributed by atoms with Crippen LogP contribution >= 0.6 is 0 Å². The van der Waals surface area contributed by atoms with E-state index in [9.17, 15) is 19.5 Å². The van der Waals surface area contributed by atoms with Crippen molar-refractivity contribution in [3.05, 3.63) is 0 Å². The van der Waals surface area contributed by atoms with Crippen molar-refractivity contribution in [2.75, 3.05) is 33.7 Å². The number of rotatable bonds is 54. The second kappa shape index (κ2) is 52.0. The molecule has 0 radical (unpaired) electrons. The van der Waals surface area contributed by atoms with E-state index in [1.807, 2.05) is 4.90 Å². The molecule has 0 heterocycles. The zero-order chi connectivity index (χ0) is 51.6. The number of esters is 2. The van der Waals surface area contributed by atoms with Crippen molar-refractivity contribution >= 4 is 18.0 Å². The second-order valence-corrected chi connectivity index (χ2v) is 21.7. The Morgan fingerprint density at radius 1 is 0.343 bits per heavy atom. The Hall–Kier alpha value is -1.87. The molecule has 9 heteroatoms. The van der Waals surface area contributed by atoms with Gasteiger partial charge in [0.25, 0.3) is 0 Å². The summed E-state index contributed by atoms with van der Waals surface area (Å²) in [5, 5.41) is 10.8. The summed E-state index contributed by atoms with van der Waals surface area (Å²) in [4.78, 5) is 43.5. The van der Waals surface area contributed by atoms with Gasteiger partial charge in [-0.25, -0.2) is 4.79 Å². The first-order valence-electron chi connectivity index (χ1n) is 30.8. The van der Waals surface area contributed by atoms with E-state index in [4.69, 9.17) is 14.2 Å². The highest BCUT2D eigenvalue weighted by Gasteiger charge is 2.22. The summed E-state index contributed by atoms with van der Waals surface area (Å²) in [6, 6.07) is 0. The fourth-order valence-electron chi connectivity index (χ4n) is 9.69. The predicted molar refractivity (Wildman–Crippen MR) is 298 cm³/mol. The maximum Gasteiger partial charge on any atom is 0.410 e. The van der Waals surface area contributed by atoms with Gasteiger partial charge in [0.2, 0.25) is 0 Å². The third kappa shape index (κ3) is 46.0. The first-order chi connectivity index (χ1) is 34.1. The normalized spacial score (nSPS) is 12.2. The van der Waals surface area contributed by atoms with E-state index < -0.39 is 6.10 Å². The predicted octanol–water partition coefficient (Wildman–Crippen LogP) is 17.8. The zero-order valence-corrected chi connectivity index (χ0v) is 47.8. The van der Waals surface area contributed by atoms with Crippen LogP contribution in [0.1, 0.15) is 317 Å². The van der Waals surface area contributed by atoms with Gasteiger partial charge in [-0.05, 0) is 130 Å². The number of aliphatic hydroxyl groups is 1. The quantitative estimate of drug-likeness (QED) is 0.0365. The van der Waals surface area contributed by atoms with E-state index in [0.717, 1.165) is 173 Å². The maximum atomic E-state index is 13.9. The van der Waals surface area contributed by atoms with Crippen LogP contribution < -0.4 is 0 Å². The summed E-state index contributed by atoms with van der Waals surface area (Å²) < 4.78 is 18.4. The highest BCUT2D eigenvalue weighted by molar-refractivity contribution is 5.70. The molecule has 0 saturated carbocycles. The molecule has 0 aromatic carbocycles. The average Bonchev–Trinajstić information content (AvgIpc) is 3.33. The lowest BCUT2D eigenvalue weighted by Crippen LogP contribution is -2.38. The van der Waals surface area contributed by atoms with Crippen LogP contribution in [0, 0.1) is 0 Å². The van der Waals surface area contributed by atoms with E-state index in [0.29, 0.717) is 32.4 Å². The molecule has 0 fully saturated rings. The number of hydrogen-bond acceptors (Lipinski definition) is 8. The van der Waals surface area contributed by atoms with E-state index >= 15 is 0 Å². The standard InChI is InChI=1S/C61H120N2O7/c1-8-13-18-27-32-42-55(64)51-54-63(53-41-52-62(6)7)61(67)70-58(47-37-28-23-25-30-39-49-59(65)68-56(43-33-19-14-9-2)44-34-20-15-10-3)48-38-29-24-26-31-40-50-60(66)69-57(45-35-21-16-11-4)46-36-22-17-12-5/h55-58,64H,8-54H2,1-7H3. The molecule has 0 rings (SSSR count). The van der Waals surface area contributed by atoms with Gasteiger partial charge in [0, 0.05) is 25.9 Å². The van der Waals surface area contributed by atoms with Gasteiger partial charge in [-0.3, -0.25) is 9.59 Å². The van der Waals surface area contributed by atoms with Crippen molar-refractivity contribution in [3.63, 3.8) is 0 Å². The molecule has 0 aromatic heterocycles. The fourth-order valence-corrected chi connectivity index (χ4v) is 9.69. The first-order valence-corrected chi connectivity index (χ1v) is 30.8. The minimum atomic E-state index is -0.395. The molecular formula is C61H120N2O7. The summed E-state index contributed by atoms with van der Waals surface area (Å²) in [6.07, 6.45) is 46.2. The van der Waals surface area contributed by atoms with Crippen LogP contribution in [0.25, 0.3) is 0 Å². The molecule has 0 aliphatic carbocycles.